The highest BCUT2D eigenvalue weighted by Gasteiger charge is 2.06. The molecule has 7 heteroatoms. The van der Waals surface area contributed by atoms with Crippen molar-refractivity contribution >= 4 is 6.21 Å². The van der Waals surface area contributed by atoms with Crippen molar-refractivity contribution in [2.24, 2.45) is 5.10 Å². The van der Waals surface area contributed by atoms with Crippen LogP contribution in [0.15, 0.2) is 60.2 Å². The van der Waals surface area contributed by atoms with Crippen molar-refractivity contribution in [3.05, 3.63) is 66.2 Å². The van der Waals surface area contributed by atoms with Gasteiger partial charge in [-0.1, -0.05) is 12.1 Å². The number of benzene rings is 2. The zero-order valence-electron chi connectivity index (χ0n) is 15.4. The van der Waals surface area contributed by atoms with E-state index in [0.29, 0.717) is 31.3 Å². The van der Waals surface area contributed by atoms with Crippen LogP contribution in [0, 0.1) is 6.92 Å². The maximum atomic E-state index is 5.83. The van der Waals surface area contributed by atoms with Gasteiger partial charge in [0, 0.05) is 0 Å². The van der Waals surface area contributed by atoms with Crippen molar-refractivity contribution in [1.82, 2.24) is 14.9 Å². The predicted octanol–water partition coefficient (Wildman–Crippen LogP) is 3.33. The first kappa shape index (κ1) is 18.4. The topological polar surface area (TPSA) is 70.8 Å². The van der Waals surface area contributed by atoms with Gasteiger partial charge in [-0.3, -0.25) is 0 Å². The third-order valence-electron chi connectivity index (χ3n) is 3.61. The van der Waals surface area contributed by atoms with Crippen LogP contribution in [0.25, 0.3) is 0 Å². The molecular formula is C20H22N4O3. The Morgan fingerprint density at radius 1 is 0.963 bits per heavy atom. The van der Waals surface area contributed by atoms with Crippen molar-refractivity contribution in [3.63, 3.8) is 0 Å². The maximum Gasteiger partial charge on any atom is 0.161 e. The Morgan fingerprint density at radius 3 is 2.56 bits per heavy atom. The largest absolute Gasteiger partial charge is 0.490 e. The van der Waals surface area contributed by atoms with E-state index in [1.165, 1.54) is 17.3 Å². The number of aryl methyl sites for hydroxylation is 1. The fourth-order valence-electron chi connectivity index (χ4n) is 2.40. The van der Waals surface area contributed by atoms with Gasteiger partial charge in [-0.2, -0.15) is 5.10 Å². The minimum absolute atomic E-state index is 0.419. The number of ether oxygens (including phenoxy) is 3. The summed E-state index contributed by atoms with van der Waals surface area (Å²) in [5, 5.41) is 11.6. The van der Waals surface area contributed by atoms with E-state index >= 15 is 0 Å². The van der Waals surface area contributed by atoms with Crippen molar-refractivity contribution in [3.8, 4) is 17.2 Å². The summed E-state index contributed by atoms with van der Waals surface area (Å²) in [5.74, 6) is 2.18. The van der Waals surface area contributed by atoms with Crippen LogP contribution < -0.4 is 14.2 Å². The van der Waals surface area contributed by atoms with Crippen molar-refractivity contribution < 1.29 is 14.2 Å². The molecule has 0 aliphatic rings. The summed E-state index contributed by atoms with van der Waals surface area (Å²) < 4.78 is 18.7. The van der Waals surface area contributed by atoms with Crippen LogP contribution in [0.3, 0.4) is 0 Å². The van der Waals surface area contributed by atoms with E-state index in [-0.39, 0.29) is 0 Å². The molecule has 0 spiro atoms. The molecule has 7 nitrogen and oxygen atoms in total. The highest BCUT2D eigenvalue weighted by atomic mass is 16.5. The molecule has 140 valence electrons. The molecule has 1 heterocycles. The Morgan fingerprint density at radius 2 is 1.78 bits per heavy atom. The molecule has 0 atom stereocenters. The molecule has 0 bridgehead atoms. The molecule has 0 unspecified atom stereocenters. The van der Waals surface area contributed by atoms with E-state index in [4.69, 9.17) is 14.2 Å². The molecule has 27 heavy (non-hydrogen) atoms. The average molecular weight is 366 g/mol. The molecular weight excluding hydrogens is 344 g/mol. The van der Waals surface area contributed by atoms with Crippen molar-refractivity contribution in [2.45, 2.75) is 13.8 Å². The molecule has 0 aliphatic carbocycles. The summed E-state index contributed by atoms with van der Waals surface area (Å²) in [6.07, 6.45) is 4.74. The third kappa shape index (κ3) is 5.57. The fraction of sp³-hybridized carbons (Fsp3) is 0.250. The van der Waals surface area contributed by atoms with Gasteiger partial charge >= 0.3 is 0 Å². The summed E-state index contributed by atoms with van der Waals surface area (Å²) in [6.45, 7) is 5.38. The smallest absolute Gasteiger partial charge is 0.161 e. The lowest BCUT2D eigenvalue weighted by atomic mass is 10.2. The summed E-state index contributed by atoms with van der Waals surface area (Å²) >= 11 is 0. The van der Waals surface area contributed by atoms with Crippen LogP contribution in [0.4, 0.5) is 0 Å². The minimum atomic E-state index is 0.419. The summed E-state index contributed by atoms with van der Waals surface area (Å²) in [4.78, 5) is 0. The van der Waals surface area contributed by atoms with Gasteiger partial charge in [0.1, 0.15) is 31.6 Å². The van der Waals surface area contributed by atoms with Crippen LogP contribution in [0.1, 0.15) is 18.1 Å². The molecule has 3 aromatic rings. The normalized spacial score (nSPS) is 10.9. The molecule has 1 aromatic heterocycles. The van der Waals surface area contributed by atoms with Crippen molar-refractivity contribution in [1.29, 1.82) is 0 Å². The Labute approximate surface area is 158 Å². The molecule has 0 aliphatic heterocycles. The highest BCUT2D eigenvalue weighted by Crippen LogP contribution is 2.28. The Balaban J connectivity index is 1.58. The number of hydrogen-bond donors (Lipinski definition) is 0. The quantitative estimate of drug-likeness (QED) is 0.429. The van der Waals surface area contributed by atoms with Crippen LogP contribution >= 0.6 is 0 Å². The van der Waals surface area contributed by atoms with Gasteiger partial charge in [0.05, 0.1) is 12.8 Å². The molecule has 0 amide bonds. The zero-order valence-corrected chi connectivity index (χ0v) is 15.4. The number of rotatable bonds is 9. The summed E-state index contributed by atoms with van der Waals surface area (Å²) in [7, 11) is 0. The standard InChI is InChI=1S/C20H22N4O3/c1-3-25-20-12-17(13-23-24-14-21-22-15-24)7-8-19(20)27-10-9-26-18-6-4-5-16(2)11-18/h4-8,11-15H,3,9-10H2,1-2H3. The van der Waals surface area contributed by atoms with E-state index in [9.17, 15) is 0 Å². The first-order chi connectivity index (χ1) is 13.2. The summed E-state index contributed by atoms with van der Waals surface area (Å²) in [5.41, 5.74) is 2.05. The Kier molecular flexibility index (Phi) is 6.40. The van der Waals surface area contributed by atoms with E-state index in [0.717, 1.165) is 16.9 Å². The van der Waals surface area contributed by atoms with Gasteiger partial charge in [0.2, 0.25) is 0 Å². The van der Waals surface area contributed by atoms with Crippen molar-refractivity contribution in [2.75, 3.05) is 19.8 Å². The van der Waals surface area contributed by atoms with Gasteiger partial charge in [0.25, 0.3) is 0 Å². The van der Waals surface area contributed by atoms with Crippen LogP contribution in [-0.2, 0) is 0 Å². The number of hydrogen-bond acceptors (Lipinski definition) is 6. The lowest BCUT2D eigenvalue weighted by Gasteiger charge is -2.13. The highest BCUT2D eigenvalue weighted by molar-refractivity contribution is 5.80. The third-order valence-corrected chi connectivity index (χ3v) is 3.61. The number of nitrogens with zero attached hydrogens (tertiary/aromatic N) is 4. The van der Waals surface area contributed by atoms with Gasteiger partial charge in [-0.15, -0.1) is 10.2 Å². The van der Waals surface area contributed by atoms with Crippen LogP contribution in [0.2, 0.25) is 0 Å². The summed E-state index contributed by atoms with van der Waals surface area (Å²) in [6, 6.07) is 13.6. The first-order valence-corrected chi connectivity index (χ1v) is 8.72. The zero-order chi connectivity index (χ0) is 18.9. The second-order valence-corrected chi connectivity index (χ2v) is 5.74. The monoisotopic (exact) mass is 366 g/mol. The Hall–Kier alpha value is -3.35. The lowest BCUT2D eigenvalue weighted by molar-refractivity contribution is 0.208. The SMILES string of the molecule is CCOc1cc(C=Nn2cnnc2)ccc1OCCOc1cccc(C)c1. The second-order valence-electron chi connectivity index (χ2n) is 5.74. The van der Waals surface area contributed by atoms with Crippen LogP contribution in [-0.4, -0.2) is 40.9 Å². The van der Waals surface area contributed by atoms with Gasteiger partial charge in [-0.25, -0.2) is 4.68 Å². The van der Waals surface area contributed by atoms with Gasteiger partial charge in [-0.05, 0) is 55.3 Å². The van der Waals surface area contributed by atoms with E-state index in [1.807, 2.05) is 56.3 Å². The van der Waals surface area contributed by atoms with Crippen LogP contribution in [0.5, 0.6) is 17.2 Å². The molecule has 0 saturated heterocycles. The molecule has 0 N–H and O–H groups in total. The van der Waals surface area contributed by atoms with Gasteiger partial charge < -0.3 is 14.2 Å². The molecule has 0 radical (unpaired) electrons. The minimum Gasteiger partial charge on any atom is -0.490 e. The van der Waals surface area contributed by atoms with E-state index in [2.05, 4.69) is 15.3 Å². The fourth-order valence-corrected chi connectivity index (χ4v) is 2.40. The molecule has 3 rings (SSSR count). The first-order valence-electron chi connectivity index (χ1n) is 8.72. The lowest BCUT2D eigenvalue weighted by Crippen LogP contribution is -2.10. The number of aromatic nitrogens is 3. The molecule has 0 saturated carbocycles. The molecule has 0 fully saturated rings. The Bertz CT molecular complexity index is 879. The van der Waals surface area contributed by atoms with Gasteiger partial charge in [0.15, 0.2) is 11.5 Å². The van der Waals surface area contributed by atoms with E-state index < -0.39 is 0 Å². The van der Waals surface area contributed by atoms with E-state index in [1.54, 1.807) is 6.21 Å². The second kappa shape index (κ2) is 9.38. The maximum absolute atomic E-state index is 5.83. The molecule has 2 aromatic carbocycles. The predicted molar refractivity (Wildman–Crippen MR) is 103 cm³/mol. The average Bonchev–Trinajstić information content (AvgIpc) is 3.19.